The zero-order valence-corrected chi connectivity index (χ0v) is 13.4. The average molecular weight is 294 g/mol. The smallest absolute Gasteiger partial charge is 0.274 e. The largest absolute Gasteiger partial charge is 0.395 e. The van der Waals surface area contributed by atoms with Crippen LogP contribution in [0, 0.1) is 0 Å². The van der Waals surface area contributed by atoms with E-state index >= 15 is 0 Å². The van der Waals surface area contributed by atoms with Gasteiger partial charge in [-0.15, -0.1) is 0 Å². The third-order valence-corrected chi connectivity index (χ3v) is 3.04. The lowest BCUT2D eigenvalue weighted by atomic mass is 10.2. The van der Waals surface area contributed by atoms with E-state index in [1.54, 1.807) is 11.1 Å². The number of amides is 1. The third kappa shape index (κ3) is 4.67. The fraction of sp³-hybridized carbons (Fsp3) is 0.667. The first kappa shape index (κ1) is 17.4. The van der Waals surface area contributed by atoms with Gasteiger partial charge in [-0.3, -0.25) is 4.79 Å². The van der Waals surface area contributed by atoms with Crippen LogP contribution >= 0.6 is 0 Å². The summed E-state index contributed by atoms with van der Waals surface area (Å²) in [7, 11) is 0. The molecule has 6 heteroatoms. The van der Waals surface area contributed by atoms with Crippen molar-refractivity contribution in [2.45, 2.75) is 40.0 Å². The maximum atomic E-state index is 12.7. The third-order valence-electron chi connectivity index (χ3n) is 3.04. The van der Waals surface area contributed by atoms with Crippen molar-refractivity contribution in [3.05, 3.63) is 17.7 Å². The first-order valence-corrected chi connectivity index (χ1v) is 7.56. The molecule has 0 aliphatic carbocycles. The van der Waals surface area contributed by atoms with Crippen LogP contribution in [0.1, 0.15) is 56.3 Å². The van der Waals surface area contributed by atoms with E-state index in [4.69, 9.17) is 5.11 Å². The number of nitrogens with zero attached hydrogens (tertiary/aromatic N) is 3. The molecule has 2 N–H and O–H groups in total. The van der Waals surface area contributed by atoms with Crippen LogP contribution in [0.4, 0.5) is 5.69 Å². The summed E-state index contributed by atoms with van der Waals surface area (Å²) in [4.78, 5) is 23.0. The molecule has 0 aromatic carbocycles. The van der Waals surface area contributed by atoms with Crippen LogP contribution < -0.4 is 5.32 Å². The first-order valence-electron chi connectivity index (χ1n) is 7.56. The molecule has 0 atom stereocenters. The zero-order chi connectivity index (χ0) is 15.8. The lowest BCUT2D eigenvalue weighted by Gasteiger charge is -2.22. The van der Waals surface area contributed by atoms with Crippen LogP contribution in [0.3, 0.4) is 0 Å². The van der Waals surface area contributed by atoms with Gasteiger partial charge in [-0.05, 0) is 13.3 Å². The Labute approximate surface area is 126 Å². The summed E-state index contributed by atoms with van der Waals surface area (Å²) in [5.74, 6) is 0.649. The maximum absolute atomic E-state index is 12.7. The molecular weight excluding hydrogens is 268 g/mol. The van der Waals surface area contributed by atoms with Gasteiger partial charge in [0.15, 0.2) is 5.69 Å². The highest BCUT2D eigenvalue weighted by Crippen LogP contribution is 2.18. The molecule has 0 aliphatic heterocycles. The van der Waals surface area contributed by atoms with Crippen molar-refractivity contribution in [1.29, 1.82) is 0 Å². The Morgan fingerprint density at radius 3 is 2.62 bits per heavy atom. The summed E-state index contributed by atoms with van der Waals surface area (Å²) in [6.07, 6.45) is 2.51. The van der Waals surface area contributed by atoms with E-state index in [0.29, 0.717) is 36.8 Å². The van der Waals surface area contributed by atoms with Gasteiger partial charge < -0.3 is 15.3 Å². The van der Waals surface area contributed by atoms with Gasteiger partial charge >= 0.3 is 0 Å². The van der Waals surface area contributed by atoms with E-state index in [9.17, 15) is 4.79 Å². The number of nitrogens with one attached hydrogen (secondary N) is 1. The van der Waals surface area contributed by atoms with Crippen molar-refractivity contribution in [1.82, 2.24) is 14.9 Å². The maximum Gasteiger partial charge on any atom is 0.274 e. The van der Waals surface area contributed by atoms with Gasteiger partial charge in [0, 0.05) is 25.6 Å². The SMILES string of the molecule is CCCN(CCO)C(=O)c1nc(C(C)C)ncc1NCC. The highest BCUT2D eigenvalue weighted by Gasteiger charge is 2.21. The van der Waals surface area contributed by atoms with Crippen LogP contribution in [-0.4, -0.2) is 52.1 Å². The van der Waals surface area contributed by atoms with Gasteiger partial charge in [0.25, 0.3) is 5.91 Å². The van der Waals surface area contributed by atoms with Crippen LogP contribution in [-0.2, 0) is 0 Å². The molecule has 118 valence electrons. The standard InChI is InChI=1S/C15H26N4O2/c1-5-7-19(8-9-20)15(21)13-12(16-6-2)10-17-14(18-13)11(3)4/h10-11,16,20H,5-9H2,1-4H3. The number of rotatable bonds is 8. The summed E-state index contributed by atoms with van der Waals surface area (Å²) in [6.45, 7) is 9.51. The van der Waals surface area contributed by atoms with Crippen molar-refractivity contribution in [2.24, 2.45) is 0 Å². The molecule has 0 unspecified atom stereocenters. The highest BCUT2D eigenvalue weighted by molar-refractivity contribution is 5.97. The highest BCUT2D eigenvalue weighted by atomic mass is 16.3. The number of aliphatic hydroxyl groups excluding tert-OH is 1. The van der Waals surface area contributed by atoms with Gasteiger partial charge in [0.2, 0.25) is 0 Å². The fourth-order valence-corrected chi connectivity index (χ4v) is 2.01. The van der Waals surface area contributed by atoms with Crippen molar-refractivity contribution >= 4 is 11.6 Å². The molecule has 1 aromatic rings. The fourth-order valence-electron chi connectivity index (χ4n) is 2.01. The van der Waals surface area contributed by atoms with Crippen molar-refractivity contribution < 1.29 is 9.90 Å². The molecule has 0 radical (unpaired) electrons. The molecule has 0 aliphatic rings. The number of aromatic nitrogens is 2. The second kappa shape index (κ2) is 8.56. The summed E-state index contributed by atoms with van der Waals surface area (Å²) in [5.41, 5.74) is 1.03. The Hall–Kier alpha value is -1.69. The van der Waals surface area contributed by atoms with E-state index in [1.807, 2.05) is 27.7 Å². The second-order valence-corrected chi connectivity index (χ2v) is 5.19. The Morgan fingerprint density at radius 1 is 1.38 bits per heavy atom. The number of hydrogen-bond acceptors (Lipinski definition) is 5. The summed E-state index contributed by atoms with van der Waals surface area (Å²) in [5, 5.41) is 12.3. The summed E-state index contributed by atoms with van der Waals surface area (Å²) < 4.78 is 0. The molecule has 21 heavy (non-hydrogen) atoms. The summed E-state index contributed by atoms with van der Waals surface area (Å²) >= 11 is 0. The Bertz CT molecular complexity index is 457. The van der Waals surface area contributed by atoms with E-state index in [0.717, 1.165) is 6.42 Å². The van der Waals surface area contributed by atoms with Crippen molar-refractivity contribution in [3.8, 4) is 0 Å². The molecule has 0 fully saturated rings. The number of carbonyl (C=O) groups excluding carboxylic acids is 1. The molecule has 0 saturated heterocycles. The van der Waals surface area contributed by atoms with Crippen LogP contribution in [0.5, 0.6) is 0 Å². The molecule has 1 rings (SSSR count). The number of aliphatic hydroxyl groups is 1. The van der Waals surface area contributed by atoms with Gasteiger partial charge in [-0.2, -0.15) is 0 Å². The van der Waals surface area contributed by atoms with Crippen molar-refractivity contribution in [2.75, 3.05) is 31.6 Å². The van der Waals surface area contributed by atoms with Gasteiger partial charge in [0.05, 0.1) is 18.5 Å². The topological polar surface area (TPSA) is 78.3 Å². The zero-order valence-electron chi connectivity index (χ0n) is 13.4. The second-order valence-electron chi connectivity index (χ2n) is 5.19. The Balaban J connectivity index is 3.15. The predicted molar refractivity (Wildman–Crippen MR) is 83.6 cm³/mol. The number of hydrogen-bond donors (Lipinski definition) is 2. The Kier molecular flexibility index (Phi) is 7.08. The van der Waals surface area contributed by atoms with E-state index < -0.39 is 0 Å². The molecule has 1 amide bonds. The molecule has 1 aromatic heterocycles. The minimum absolute atomic E-state index is 0.0512. The normalized spacial score (nSPS) is 10.8. The predicted octanol–water partition coefficient (Wildman–Crippen LogP) is 1.88. The van der Waals surface area contributed by atoms with E-state index in [-0.39, 0.29) is 18.4 Å². The molecule has 0 spiro atoms. The molecule has 1 heterocycles. The minimum atomic E-state index is -0.161. The van der Waals surface area contributed by atoms with Gasteiger partial charge in [-0.25, -0.2) is 9.97 Å². The van der Waals surface area contributed by atoms with Crippen molar-refractivity contribution in [3.63, 3.8) is 0 Å². The number of carbonyl (C=O) groups is 1. The quantitative estimate of drug-likeness (QED) is 0.765. The van der Waals surface area contributed by atoms with Gasteiger partial charge in [-0.1, -0.05) is 20.8 Å². The van der Waals surface area contributed by atoms with Crippen LogP contribution in [0.15, 0.2) is 6.20 Å². The van der Waals surface area contributed by atoms with Crippen LogP contribution in [0.2, 0.25) is 0 Å². The monoisotopic (exact) mass is 294 g/mol. The molecule has 0 saturated carbocycles. The Morgan fingerprint density at radius 2 is 2.10 bits per heavy atom. The molecule has 6 nitrogen and oxygen atoms in total. The van der Waals surface area contributed by atoms with E-state index in [1.165, 1.54) is 0 Å². The van der Waals surface area contributed by atoms with E-state index in [2.05, 4.69) is 15.3 Å². The molecule has 0 bridgehead atoms. The lowest BCUT2D eigenvalue weighted by molar-refractivity contribution is 0.0716. The first-order chi connectivity index (χ1) is 10.0. The summed E-state index contributed by atoms with van der Waals surface area (Å²) in [6, 6.07) is 0. The average Bonchev–Trinajstić information content (AvgIpc) is 2.47. The van der Waals surface area contributed by atoms with Gasteiger partial charge in [0.1, 0.15) is 5.82 Å². The van der Waals surface area contributed by atoms with Crippen LogP contribution in [0.25, 0.3) is 0 Å². The minimum Gasteiger partial charge on any atom is -0.395 e. The lowest BCUT2D eigenvalue weighted by Crippen LogP contribution is -2.35. The number of anilines is 1. The molecular formula is C15H26N4O2.